The molecule has 6 N–H and O–H groups in total. The summed E-state index contributed by atoms with van der Waals surface area (Å²) in [6.45, 7) is 0. The van der Waals surface area contributed by atoms with Gasteiger partial charge in [0.2, 0.25) is 0 Å². The molecule has 0 aliphatic heterocycles. The van der Waals surface area contributed by atoms with Crippen LogP contribution in [0.4, 0.5) is 0 Å². The Morgan fingerprint density at radius 3 is 0.846 bits per heavy atom. The summed E-state index contributed by atoms with van der Waals surface area (Å²) >= 11 is 0. The van der Waals surface area contributed by atoms with Crippen molar-refractivity contribution >= 4 is 10.4 Å². The second-order valence-electron chi connectivity index (χ2n) is 0.408. The van der Waals surface area contributed by atoms with Gasteiger partial charge in [0.15, 0.2) is 0 Å². The minimum atomic E-state index is -5.17. The Labute approximate surface area is 144 Å². The molecule has 0 aromatic heterocycles. The maximum Gasteiger partial charge on any atom is 2.00 e. The van der Waals surface area contributed by atoms with E-state index in [1.54, 1.807) is 0 Å². The molecule has 0 heterocycles. The van der Waals surface area contributed by atoms with Crippen molar-refractivity contribution in [2.45, 2.75) is 0 Å². The zero-order valence-electron chi connectivity index (χ0n) is 6.66. The van der Waals surface area contributed by atoms with Crippen LogP contribution in [0.15, 0.2) is 0 Å². The van der Waals surface area contributed by atoms with E-state index in [-0.39, 0.29) is 119 Å². The van der Waals surface area contributed by atoms with Crippen molar-refractivity contribution in [1.29, 1.82) is 0 Å². The molecule has 0 aliphatic carbocycles. The summed E-state index contributed by atoms with van der Waals surface area (Å²) in [5.41, 5.74) is 0. The van der Waals surface area contributed by atoms with E-state index in [0.717, 1.165) is 0 Å². The zero-order chi connectivity index (χ0) is 4.50. The normalized spacial score (nSPS) is 4.46. The van der Waals surface area contributed by atoms with Gasteiger partial charge in [0.1, 0.15) is 0 Å². The van der Waals surface area contributed by atoms with Gasteiger partial charge in [0.25, 0.3) is 0 Å². The molecule has 78 valence electrons. The molecule has 8 nitrogen and oxygen atoms in total. The van der Waals surface area contributed by atoms with Gasteiger partial charge in [-0.25, -0.2) is 0 Å². The Bertz CT molecular complexity index is 105. The molecule has 0 fully saturated rings. The standard InChI is InChI=1S/2Na.Ni.H2O4S.4H2O.W/c;;;1-5(2,3)4;;;;;/h;;;(H2,1,2,3,4);4*1H2;/q2*+1;+2;;;;;;/p-4. The van der Waals surface area contributed by atoms with E-state index in [2.05, 4.69) is 0 Å². The first-order valence-electron chi connectivity index (χ1n) is 0.667. The van der Waals surface area contributed by atoms with Crippen LogP contribution in [0.3, 0.4) is 0 Å². The average Bonchev–Trinajstić information content (AvgIpc) is 0.722. The monoisotopic (exact) mass is 454 g/mol. The van der Waals surface area contributed by atoms with E-state index in [0.29, 0.717) is 0 Å². The van der Waals surface area contributed by atoms with Gasteiger partial charge in [-0.15, -0.1) is 0 Å². The fourth-order valence-corrected chi connectivity index (χ4v) is 0. The predicted octanol–water partition coefficient (Wildman–Crippen LogP) is -9.34. The number of hydrogen-bond donors (Lipinski definition) is 0. The van der Waals surface area contributed by atoms with Crippen LogP contribution >= 0.6 is 0 Å². The molecule has 0 spiro atoms. The Balaban J connectivity index is -0.00000000286. The van der Waals surface area contributed by atoms with Gasteiger partial charge in [-0.2, -0.15) is 0 Å². The molecule has 0 aromatic rings. The molecule has 0 bridgehead atoms. The third-order valence-electron chi connectivity index (χ3n) is 0. The second kappa shape index (κ2) is 36.3. The molecule has 0 unspecified atom stereocenters. The fraction of sp³-hybridized carbons (Fsp3) is 0. The summed E-state index contributed by atoms with van der Waals surface area (Å²) in [4.78, 5) is 0. The van der Waals surface area contributed by atoms with Crippen molar-refractivity contribution < 1.29 is 136 Å². The van der Waals surface area contributed by atoms with Gasteiger partial charge in [-0.1, -0.05) is 0 Å². The molecule has 0 radical (unpaired) electrons. The van der Waals surface area contributed by atoms with Gasteiger partial charge < -0.3 is 31.0 Å². The Morgan fingerprint density at radius 2 is 0.846 bits per heavy atom. The zero-order valence-corrected chi connectivity index (χ0v) is 15.4. The first kappa shape index (κ1) is 74.2. The fourth-order valence-electron chi connectivity index (χ4n) is 0. The van der Waals surface area contributed by atoms with Crippen LogP contribution in [0.2, 0.25) is 0 Å². The molecule has 13 heavy (non-hydrogen) atoms. The minimum Gasteiger partial charge on any atom is -0.870 e. The number of hydrogen-bond acceptors (Lipinski definition) is 6. The molecular weight excluding hydrogens is 449 g/mol. The molecule has 0 aromatic carbocycles. The van der Waals surface area contributed by atoms with E-state index in [1.165, 1.54) is 0 Å². The van der Waals surface area contributed by atoms with Crippen LogP contribution in [0, 0.1) is 0 Å². The minimum absolute atomic E-state index is 0. The van der Waals surface area contributed by atoms with Gasteiger partial charge in [-0.3, -0.25) is 8.42 Å². The van der Waals surface area contributed by atoms with Gasteiger partial charge in [0.05, 0.1) is 0 Å². The van der Waals surface area contributed by atoms with Crippen LogP contribution in [0.25, 0.3) is 0 Å². The molecule has 0 saturated carbocycles. The van der Waals surface area contributed by atoms with Crippen molar-refractivity contribution in [3.05, 3.63) is 0 Å². The first-order valence-corrected chi connectivity index (χ1v) is 2.00. The van der Waals surface area contributed by atoms with Gasteiger partial charge in [0, 0.05) is 31.5 Å². The molecule has 0 rings (SSSR count). The Kier molecular flexibility index (Phi) is 207. The molecule has 0 amide bonds. The third kappa shape index (κ3) is 296. The number of rotatable bonds is 0. The van der Waals surface area contributed by atoms with Crippen LogP contribution in [0.1, 0.15) is 0 Å². The van der Waals surface area contributed by atoms with Crippen molar-refractivity contribution in [2.24, 2.45) is 0 Å². The SMILES string of the molecule is O.O.O=S(=O)([O-])[O-].[Na+].[Na+].[Ni+2].[OH-].[OH-].[W]. The topological polar surface area (TPSA) is 203 Å². The molecule has 0 atom stereocenters. The Morgan fingerprint density at radius 1 is 0.846 bits per heavy atom. The second-order valence-corrected chi connectivity index (χ2v) is 1.22. The van der Waals surface area contributed by atoms with Crippen LogP contribution in [0.5, 0.6) is 0 Å². The van der Waals surface area contributed by atoms with Crippen LogP contribution < -0.4 is 59.1 Å². The summed E-state index contributed by atoms with van der Waals surface area (Å²) in [6.07, 6.45) is 0. The maximum atomic E-state index is 8.52. The predicted molar refractivity (Wildman–Crippen MR) is 21.6 cm³/mol. The summed E-state index contributed by atoms with van der Waals surface area (Å²) in [5.74, 6) is 0. The largest absolute Gasteiger partial charge is 2.00 e. The van der Waals surface area contributed by atoms with Crippen molar-refractivity contribution in [3.63, 3.8) is 0 Å². The van der Waals surface area contributed by atoms with Gasteiger partial charge in [-0.05, 0) is 0 Å². The molecule has 0 aliphatic rings. The maximum absolute atomic E-state index is 8.52. The van der Waals surface area contributed by atoms with Gasteiger partial charge >= 0.3 is 75.6 Å². The molecule has 13 heteroatoms. The third-order valence-corrected chi connectivity index (χ3v) is 0. The molecule has 0 saturated heterocycles. The summed E-state index contributed by atoms with van der Waals surface area (Å²) in [7, 11) is -5.17. The summed E-state index contributed by atoms with van der Waals surface area (Å²) in [5, 5.41) is 0. The average molecular weight is 455 g/mol. The Hall–Kier alpha value is 2.89. The summed E-state index contributed by atoms with van der Waals surface area (Å²) in [6, 6.07) is 0. The first-order chi connectivity index (χ1) is 2.00. The van der Waals surface area contributed by atoms with Crippen LogP contribution in [-0.4, -0.2) is 39.4 Å². The van der Waals surface area contributed by atoms with Crippen LogP contribution in [-0.2, 0) is 48.0 Å². The van der Waals surface area contributed by atoms with E-state index < -0.39 is 10.4 Å². The van der Waals surface area contributed by atoms with Crippen molar-refractivity contribution in [1.82, 2.24) is 0 Å². The van der Waals surface area contributed by atoms with E-state index in [4.69, 9.17) is 17.5 Å². The van der Waals surface area contributed by atoms with E-state index in [1.807, 2.05) is 0 Å². The van der Waals surface area contributed by atoms with E-state index in [9.17, 15) is 0 Å². The van der Waals surface area contributed by atoms with Crippen molar-refractivity contribution in [2.75, 3.05) is 0 Å². The molecular formula is H6Na2NiO8SW. The van der Waals surface area contributed by atoms with E-state index >= 15 is 0 Å². The smallest absolute Gasteiger partial charge is 0.870 e. The summed E-state index contributed by atoms with van der Waals surface area (Å²) < 4.78 is 34.1. The quantitative estimate of drug-likeness (QED) is 0.197. The van der Waals surface area contributed by atoms with Crippen molar-refractivity contribution in [3.8, 4) is 0 Å².